The molecule has 3 N–H and O–H groups in total. The van der Waals surface area contributed by atoms with E-state index in [1.165, 1.54) is 16.1 Å². The molecule has 1 aliphatic rings. The Morgan fingerprint density at radius 3 is 2.76 bits per heavy atom. The van der Waals surface area contributed by atoms with Crippen molar-refractivity contribution in [2.45, 2.75) is 13.5 Å². The molecule has 0 saturated carbocycles. The second-order valence-electron chi connectivity index (χ2n) is 5.38. The van der Waals surface area contributed by atoms with Gasteiger partial charge in [0.1, 0.15) is 0 Å². The minimum Gasteiger partial charge on any atom is -0.369 e. The van der Waals surface area contributed by atoms with Crippen molar-refractivity contribution < 1.29 is 0 Å². The van der Waals surface area contributed by atoms with Gasteiger partial charge in [-0.2, -0.15) is 0 Å². The molecule has 1 aromatic carbocycles. The first-order valence-electron chi connectivity index (χ1n) is 7.20. The van der Waals surface area contributed by atoms with Gasteiger partial charge in [-0.25, -0.2) is 10.8 Å². The van der Waals surface area contributed by atoms with E-state index >= 15 is 0 Å². The minimum absolute atomic E-state index is 0.781. The summed E-state index contributed by atoms with van der Waals surface area (Å²) in [6.45, 7) is 7.41. The molecule has 21 heavy (non-hydrogen) atoms. The van der Waals surface area contributed by atoms with Gasteiger partial charge in [-0.15, -0.1) is 0 Å². The number of piperazine rings is 1. The first kappa shape index (κ1) is 14.3. The highest BCUT2D eigenvalue weighted by Gasteiger charge is 2.18. The summed E-state index contributed by atoms with van der Waals surface area (Å²) < 4.78 is 0. The highest BCUT2D eigenvalue weighted by molar-refractivity contribution is 7.15. The van der Waals surface area contributed by atoms with Crippen LogP contribution in [0.1, 0.15) is 10.4 Å². The fourth-order valence-corrected chi connectivity index (χ4v) is 3.42. The number of nitrogens with two attached hydrogens (primary N) is 1. The predicted molar refractivity (Wildman–Crippen MR) is 88.6 cm³/mol. The Morgan fingerprint density at radius 2 is 2.10 bits per heavy atom. The molecule has 0 atom stereocenters. The molecule has 0 aliphatic carbocycles. The zero-order valence-corrected chi connectivity index (χ0v) is 13.1. The molecule has 1 saturated heterocycles. The highest BCUT2D eigenvalue weighted by Crippen LogP contribution is 2.21. The van der Waals surface area contributed by atoms with Gasteiger partial charge < -0.3 is 4.90 Å². The average molecular weight is 303 g/mol. The molecule has 1 aliphatic heterocycles. The van der Waals surface area contributed by atoms with Crippen LogP contribution >= 0.6 is 11.3 Å². The zero-order chi connectivity index (χ0) is 14.7. The molecule has 2 aromatic rings. The normalized spacial score (nSPS) is 16.2. The van der Waals surface area contributed by atoms with Crippen LogP contribution in [0.3, 0.4) is 0 Å². The van der Waals surface area contributed by atoms with Crippen LogP contribution in [0.2, 0.25) is 0 Å². The van der Waals surface area contributed by atoms with E-state index in [2.05, 4.69) is 51.4 Å². The van der Waals surface area contributed by atoms with Crippen LogP contribution in [0.4, 0.5) is 10.8 Å². The molecular formula is C15H21N5S. The number of hydrogen-bond donors (Lipinski definition) is 2. The number of thiazole rings is 1. The quantitative estimate of drug-likeness (QED) is 0.669. The highest BCUT2D eigenvalue weighted by atomic mass is 32.1. The Hall–Kier alpha value is -1.63. The molecule has 5 nitrogen and oxygen atoms in total. The molecule has 0 radical (unpaired) electrons. The standard InChI is InChI=1S/C15H21N5S/c1-12-3-2-4-13(9-12)20-7-5-19(6-8-20)11-14-10-17-15(18-16)21-14/h2-4,9-10H,5-8,11,16H2,1H3,(H,17,18). The molecule has 6 heteroatoms. The minimum atomic E-state index is 0.781. The zero-order valence-electron chi connectivity index (χ0n) is 12.2. The van der Waals surface area contributed by atoms with E-state index in [9.17, 15) is 0 Å². The maximum Gasteiger partial charge on any atom is 0.197 e. The molecule has 2 heterocycles. The number of benzene rings is 1. The lowest BCUT2D eigenvalue weighted by molar-refractivity contribution is 0.252. The summed E-state index contributed by atoms with van der Waals surface area (Å²) in [4.78, 5) is 10.4. The van der Waals surface area contributed by atoms with Crippen molar-refractivity contribution in [2.24, 2.45) is 5.84 Å². The predicted octanol–water partition coefficient (Wildman–Crippen LogP) is 2.06. The van der Waals surface area contributed by atoms with Crippen molar-refractivity contribution >= 4 is 22.2 Å². The van der Waals surface area contributed by atoms with Crippen molar-refractivity contribution in [3.63, 3.8) is 0 Å². The molecular weight excluding hydrogens is 282 g/mol. The summed E-state index contributed by atoms with van der Waals surface area (Å²) in [5.41, 5.74) is 5.26. The number of aromatic nitrogens is 1. The lowest BCUT2D eigenvalue weighted by atomic mass is 10.2. The van der Waals surface area contributed by atoms with Gasteiger partial charge in [0.15, 0.2) is 5.13 Å². The number of rotatable bonds is 4. The van der Waals surface area contributed by atoms with Crippen molar-refractivity contribution in [2.75, 3.05) is 36.5 Å². The summed E-state index contributed by atoms with van der Waals surface area (Å²) in [5, 5.41) is 0.781. The Bertz CT molecular complexity index is 589. The summed E-state index contributed by atoms with van der Waals surface area (Å²) in [6, 6.07) is 8.74. The van der Waals surface area contributed by atoms with Crippen LogP contribution in [0.25, 0.3) is 0 Å². The summed E-state index contributed by atoms with van der Waals surface area (Å²) >= 11 is 1.62. The fraction of sp³-hybridized carbons (Fsp3) is 0.400. The molecule has 1 fully saturated rings. The Kier molecular flexibility index (Phi) is 4.38. The number of hydrazine groups is 1. The van der Waals surface area contributed by atoms with Crippen LogP contribution in [0.15, 0.2) is 30.5 Å². The molecule has 0 spiro atoms. The van der Waals surface area contributed by atoms with Gasteiger partial charge in [0, 0.05) is 49.5 Å². The van der Waals surface area contributed by atoms with Gasteiger partial charge in [-0.1, -0.05) is 23.5 Å². The number of hydrogen-bond acceptors (Lipinski definition) is 6. The number of nitrogen functional groups attached to an aromatic ring is 1. The molecule has 3 rings (SSSR count). The van der Waals surface area contributed by atoms with Crippen LogP contribution in [0, 0.1) is 6.92 Å². The SMILES string of the molecule is Cc1cccc(N2CCN(Cc3cnc(NN)s3)CC2)c1. The van der Waals surface area contributed by atoms with Gasteiger partial charge in [0.05, 0.1) is 0 Å². The average Bonchev–Trinajstić information content (AvgIpc) is 2.96. The maximum absolute atomic E-state index is 5.37. The Morgan fingerprint density at radius 1 is 1.29 bits per heavy atom. The lowest BCUT2D eigenvalue weighted by Gasteiger charge is -2.36. The largest absolute Gasteiger partial charge is 0.369 e. The topological polar surface area (TPSA) is 57.4 Å². The second-order valence-corrected chi connectivity index (χ2v) is 6.49. The van der Waals surface area contributed by atoms with Crippen molar-refractivity contribution in [1.82, 2.24) is 9.88 Å². The van der Waals surface area contributed by atoms with E-state index in [4.69, 9.17) is 5.84 Å². The van der Waals surface area contributed by atoms with E-state index in [0.29, 0.717) is 0 Å². The lowest BCUT2D eigenvalue weighted by Crippen LogP contribution is -2.45. The van der Waals surface area contributed by atoms with Gasteiger partial charge in [-0.3, -0.25) is 10.3 Å². The number of nitrogens with one attached hydrogen (secondary N) is 1. The third kappa shape index (κ3) is 3.53. The van der Waals surface area contributed by atoms with Gasteiger partial charge in [0.25, 0.3) is 0 Å². The van der Waals surface area contributed by atoms with Crippen LogP contribution in [-0.4, -0.2) is 36.1 Å². The fourth-order valence-electron chi connectivity index (χ4n) is 2.66. The third-order valence-corrected chi connectivity index (χ3v) is 4.71. The van der Waals surface area contributed by atoms with E-state index in [-0.39, 0.29) is 0 Å². The van der Waals surface area contributed by atoms with E-state index in [1.807, 2.05) is 6.20 Å². The third-order valence-electron chi connectivity index (χ3n) is 3.80. The number of nitrogens with zero attached hydrogens (tertiary/aromatic N) is 3. The maximum atomic E-state index is 5.37. The Labute approximate surface area is 129 Å². The Balaban J connectivity index is 1.55. The van der Waals surface area contributed by atoms with Gasteiger partial charge in [0.2, 0.25) is 0 Å². The first-order chi connectivity index (χ1) is 10.2. The first-order valence-corrected chi connectivity index (χ1v) is 8.01. The number of anilines is 2. The monoisotopic (exact) mass is 303 g/mol. The van der Waals surface area contributed by atoms with Gasteiger partial charge >= 0.3 is 0 Å². The van der Waals surface area contributed by atoms with E-state index < -0.39 is 0 Å². The molecule has 0 amide bonds. The van der Waals surface area contributed by atoms with Crippen LogP contribution in [-0.2, 0) is 6.54 Å². The summed E-state index contributed by atoms with van der Waals surface area (Å²) in [7, 11) is 0. The van der Waals surface area contributed by atoms with E-state index in [1.54, 1.807) is 11.3 Å². The summed E-state index contributed by atoms with van der Waals surface area (Å²) in [5.74, 6) is 5.37. The van der Waals surface area contributed by atoms with Crippen molar-refractivity contribution in [3.8, 4) is 0 Å². The molecule has 0 bridgehead atoms. The number of aryl methyl sites for hydroxylation is 1. The molecule has 112 valence electrons. The second kappa shape index (κ2) is 6.43. The van der Waals surface area contributed by atoms with Crippen LogP contribution < -0.4 is 16.2 Å². The van der Waals surface area contributed by atoms with Gasteiger partial charge in [-0.05, 0) is 24.6 Å². The summed E-state index contributed by atoms with van der Waals surface area (Å²) in [6.07, 6.45) is 1.91. The smallest absolute Gasteiger partial charge is 0.197 e. The van der Waals surface area contributed by atoms with Crippen molar-refractivity contribution in [1.29, 1.82) is 0 Å². The van der Waals surface area contributed by atoms with Crippen molar-refractivity contribution in [3.05, 3.63) is 40.9 Å². The molecule has 1 aromatic heterocycles. The van der Waals surface area contributed by atoms with Crippen LogP contribution in [0.5, 0.6) is 0 Å². The van der Waals surface area contributed by atoms with E-state index in [0.717, 1.165) is 37.9 Å². The molecule has 0 unspecified atom stereocenters.